The summed E-state index contributed by atoms with van der Waals surface area (Å²) in [6.07, 6.45) is 1.35. The van der Waals surface area contributed by atoms with Gasteiger partial charge in [-0.05, 0) is 30.9 Å². The second-order valence-corrected chi connectivity index (χ2v) is 7.38. The lowest BCUT2D eigenvalue weighted by molar-refractivity contribution is 0.180. The van der Waals surface area contributed by atoms with Crippen LogP contribution in [0.5, 0.6) is 0 Å². The average molecular weight is 272 g/mol. The lowest BCUT2D eigenvalue weighted by Crippen LogP contribution is -2.28. The van der Waals surface area contributed by atoms with Crippen molar-refractivity contribution < 1.29 is 9.50 Å². The normalized spacial score (nSPS) is 21.1. The summed E-state index contributed by atoms with van der Waals surface area (Å²) >= 11 is 3.54. The fraction of sp³-hybridized carbons (Fsp3) is 0.538. The van der Waals surface area contributed by atoms with Crippen LogP contribution in [-0.4, -0.2) is 22.7 Å². The zero-order chi connectivity index (χ0) is 12.3. The highest BCUT2D eigenvalue weighted by atomic mass is 32.2. The van der Waals surface area contributed by atoms with E-state index in [4.69, 9.17) is 0 Å². The van der Waals surface area contributed by atoms with E-state index in [9.17, 15) is 9.50 Å². The molecule has 0 spiro atoms. The Morgan fingerprint density at radius 2 is 2.00 bits per heavy atom. The molecule has 1 atom stereocenters. The molecule has 1 nitrogen and oxygen atoms in total. The summed E-state index contributed by atoms with van der Waals surface area (Å²) in [5.74, 6) is 1.91. The van der Waals surface area contributed by atoms with Crippen molar-refractivity contribution in [2.75, 3.05) is 11.5 Å². The molecule has 0 aliphatic carbocycles. The van der Waals surface area contributed by atoms with E-state index in [0.29, 0.717) is 6.42 Å². The molecule has 4 heteroatoms. The standard InChI is InChI=1S/C13H17FOS2/c1-10(15)9-13(16-7-4-8-17-13)11-5-2-3-6-12(11)14/h2-3,5-6,10,15H,4,7-9H2,1H3/t10-/m1/s1. The van der Waals surface area contributed by atoms with Crippen LogP contribution >= 0.6 is 23.5 Å². The van der Waals surface area contributed by atoms with Gasteiger partial charge in [-0.2, -0.15) is 0 Å². The first-order valence-electron chi connectivity index (χ1n) is 5.85. The Balaban J connectivity index is 2.35. The maximum absolute atomic E-state index is 14.0. The molecule has 1 aliphatic heterocycles. The zero-order valence-electron chi connectivity index (χ0n) is 9.86. The minimum Gasteiger partial charge on any atom is -0.393 e. The van der Waals surface area contributed by atoms with Crippen molar-refractivity contribution in [2.45, 2.75) is 29.9 Å². The summed E-state index contributed by atoms with van der Waals surface area (Å²) in [6.45, 7) is 1.78. The summed E-state index contributed by atoms with van der Waals surface area (Å²) in [4.78, 5) is 0. The van der Waals surface area contributed by atoms with Crippen molar-refractivity contribution in [3.05, 3.63) is 35.6 Å². The van der Waals surface area contributed by atoms with Gasteiger partial charge in [0.15, 0.2) is 0 Å². The monoisotopic (exact) mass is 272 g/mol. The van der Waals surface area contributed by atoms with Gasteiger partial charge in [-0.3, -0.25) is 0 Å². The van der Waals surface area contributed by atoms with E-state index in [1.54, 1.807) is 36.5 Å². The minimum atomic E-state index is -0.410. The molecule has 1 fully saturated rings. The van der Waals surface area contributed by atoms with E-state index >= 15 is 0 Å². The molecule has 1 saturated heterocycles. The highest BCUT2D eigenvalue weighted by Gasteiger charge is 2.38. The van der Waals surface area contributed by atoms with E-state index < -0.39 is 6.10 Å². The molecule has 1 N–H and O–H groups in total. The molecule has 0 radical (unpaired) electrons. The Bertz CT molecular complexity index is 375. The Hall–Kier alpha value is -0.190. The number of halogens is 1. The van der Waals surface area contributed by atoms with Crippen molar-refractivity contribution in [3.8, 4) is 0 Å². The SMILES string of the molecule is C[C@@H](O)CC1(c2ccccc2F)SCCCS1. The Kier molecular flexibility index (Phi) is 4.39. The van der Waals surface area contributed by atoms with E-state index in [1.165, 1.54) is 6.07 Å². The molecule has 0 saturated carbocycles. The molecule has 0 unspecified atom stereocenters. The fourth-order valence-electron chi connectivity index (χ4n) is 2.12. The predicted octanol–water partition coefficient (Wildman–Crippen LogP) is 3.62. The molecule has 1 aliphatic rings. The van der Waals surface area contributed by atoms with Gasteiger partial charge in [0.05, 0.1) is 10.2 Å². The van der Waals surface area contributed by atoms with Gasteiger partial charge in [-0.25, -0.2) is 4.39 Å². The van der Waals surface area contributed by atoms with Crippen LogP contribution in [0.3, 0.4) is 0 Å². The summed E-state index contributed by atoms with van der Waals surface area (Å²) in [5, 5.41) is 9.67. The van der Waals surface area contributed by atoms with Crippen molar-refractivity contribution >= 4 is 23.5 Å². The molecule has 0 bridgehead atoms. The van der Waals surface area contributed by atoms with Crippen LogP contribution in [0, 0.1) is 5.82 Å². The van der Waals surface area contributed by atoms with E-state index in [2.05, 4.69) is 0 Å². The van der Waals surface area contributed by atoms with Gasteiger partial charge in [0.1, 0.15) is 5.82 Å². The van der Waals surface area contributed by atoms with Gasteiger partial charge in [-0.1, -0.05) is 18.2 Å². The van der Waals surface area contributed by atoms with Crippen LogP contribution < -0.4 is 0 Å². The Labute approximate surface area is 110 Å². The second-order valence-electron chi connectivity index (χ2n) is 4.34. The summed E-state index contributed by atoms with van der Waals surface area (Å²) in [7, 11) is 0. The first-order valence-corrected chi connectivity index (χ1v) is 7.82. The number of benzene rings is 1. The second kappa shape index (κ2) is 5.63. The van der Waals surface area contributed by atoms with E-state index in [-0.39, 0.29) is 9.90 Å². The third-order valence-corrected chi connectivity index (χ3v) is 6.21. The smallest absolute Gasteiger partial charge is 0.128 e. The quantitative estimate of drug-likeness (QED) is 0.907. The van der Waals surface area contributed by atoms with Gasteiger partial charge >= 0.3 is 0 Å². The first-order chi connectivity index (χ1) is 8.14. The molecule has 1 aromatic carbocycles. The molecule has 0 amide bonds. The number of aliphatic hydroxyl groups excluding tert-OH is 1. The van der Waals surface area contributed by atoms with Gasteiger partial charge in [0.25, 0.3) is 0 Å². The lowest BCUT2D eigenvalue weighted by atomic mass is 10.1. The molecule has 94 valence electrons. The minimum absolute atomic E-state index is 0.157. The third kappa shape index (κ3) is 2.98. The van der Waals surface area contributed by atoms with E-state index in [1.807, 2.05) is 12.1 Å². The Morgan fingerprint density at radius 1 is 1.35 bits per heavy atom. The molecular formula is C13H17FOS2. The molecular weight excluding hydrogens is 255 g/mol. The van der Waals surface area contributed by atoms with Crippen molar-refractivity contribution in [3.63, 3.8) is 0 Å². The highest BCUT2D eigenvalue weighted by molar-refractivity contribution is 8.18. The third-order valence-electron chi connectivity index (χ3n) is 2.81. The van der Waals surface area contributed by atoms with Crippen LogP contribution in [0.25, 0.3) is 0 Å². The maximum atomic E-state index is 14.0. The molecule has 0 aromatic heterocycles. The Morgan fingerprint density at radius 3 is 2.59 bits per heavy atom. The first kappa shape index (κ1) is 13.2. The van der Waals surface area contributed by atoms with Crippen molar-refractivity contribution in [1.82, 2.24) is 0 Å². The predicted molar refractivity (Wildman–Crippen MR) is 73.9 cm³/mol. The fourth-order valence-corrected chi connectivity index (χ4v) is 5.73. The number of hydrogen-bond acceptors (Lipinski definition) is 3. The van der Waals surface area contributed by atoms with Gasteiger partial charge in [-0.15, -0.1) is 23.5 Å². The van der Waals surface area contributed by atoms with Gasteiger partial charge < -0.3 is 5.11 Å². The molecule has 17 heavy (non-hydrogen) atoms. The average Bonchev–Trinajstić information content (AvgIpc) is 2.29. The maximum Gasteiger partial charge on any atom is 0.128 e. The van der Waals surface area contributed by atoms with Gasteiger partial charge in [0.2, 0.25) is 0 Å². The summed E-state index contributed by atoms with van der Waals surface area (Å²) in [5.41, 5.74) is 0.732. The van der Waals surface area contributed by atoms with E-state index in [0.717, 1.165) is 23.5 Å². The number of aliphatic hydroxyl groups is 1. The topological polar surface area (TPSA) is 20.2 Å². The highest BCUT2D eigenvalue weighted by Crippen LogP contribution is 2.53. The number of rotatable bonds is 3. The van der Waals surface area contributed by atoms with Crippen LogP contribution in [0.2, 0.25) is 0 Å². The largest absolute Gasteiger partial charge is 0.393 e. The van der Waals surface area contributed by atoms with Crippen LogP contribution in [0.15, 0.2) is 24.3 Å². The number of thioether (sulfide) groups is 2. The van der Waals surface area contributed by atoms with Crippen LogP contribution in [-0.2, 0) is 4.08 Å². The number of hydrogen-bond donors (Lipinski definition) is 1. The lowest BCUT2D eigenvalue weighted by Gasteiger charge is -2.37. The van der Waals surface area contributed by atoms with Crippen molar-refractivity contribution in [1.29, 1.82) is 0 Å². The zero-order valence-corrected chi connectivity index (χ0v) is 11.5. The van der Waals surface area contributed by atoms with Crippen LogP contribution in [0.4, 0.5) is 4.39 Å². The summed E-state index contributed by atoms with van der Waals surface area (Å²) in [6, 6.07) is 6.95. The summed E-state index contributed by atoms with van der Waals surface area (Å²) < 4.78 is 13.7. The molecule has 2 rings (SSSR count). The van der Waals surface area contributed by atoms with Gasteiger partial charge in [0, 0.05) is 12.0 Å². The molecule has 1 heterocycles. The van der Waals surface area contributed by atoms with Crippen LogP contribution in [0.1, 0.15) is 25.3 Å². The molecule has 1 aromatic rings. The van der Waals surface area contributed by atoms with Crippen molar-refractivity contribution in [2.24, 2.45) is 0 Å².